The van der Waals surface area contributed by atoms with E-state index in [2.05, 4.69) is 0 Å². The highest BCUT2D eigenvalue weighted by atomic mass is 35.5. The summed E-state index contributed by atoms with van der Waals surface area (Å²) >= 11 is 6.64. The number of ether oxygens (including phenoxy) is 5. The third kappa shape index (κ3) is 7.49. The van der Waals surface area contributed by atoms with Crippen molar-refractivity contribution >= 4 is 46.4 Å². The van der Waals surface area contributed by atoms with Crippen molar-refractivity contribution in [3.05, 3.63) is 70.4 Å². The number of rotatable bonds is 9. The highest BCUT2D eigenvalue weighted by molar-refractivity contribution is 6.35. The predicted octanol–water partition coefficient (Wildman–Crippen LogP) is 5.08. The van der Waals surface area contributed by atoms with Gasteiger partial charge in [0.2, 0.25) is 0 Å². The van der Waals surface area contributed by atoms with Gasteiger partial charge in [-0.05, 0) is 29.7 Å². The molecule has 0 bridgehead atoms. The van der Waals surface area contributed by atoms with E-state index in [-0.39, 0.29) is 12.2 Å². The van der Waals surface area contributed by atoms with Crippen LogP contribution in [0.25, 0.3) is 10.9 Å². The topological polar surface area (TPSA) is 119 Å². The molecule has 0 N–H and O–H groups in total. The Hall–Kier alpha value is -4.03. The van der Waals surface area contributed by atoms with Crippen LogP contribution < -0.4 is 0 Å². The molecule has 1 aliphatic rings. The molecule has 1 fully saturated rings. The Morgan fingerprint density at radius 1 is 0.860 bits per heavy atom. The number of fused-ring (bicyclic) bond motifs is 1. The van der Waals surface area contributed by atoms with Crippen LogP contribution in [0.2, 0.25) is 5.02 Å². The number of alkyl halides is 2. The van der Waals surface area contributed by atoms with Crippen molar-refractivity contribution in [2.24, 2.45) is 0 Å². The van der Waals surface area contributed by atoms with Gasteiger partial charge in [0.05, 0.1) is 10.5 Å². The van der Waals surface area contributed by atoms with Crippen LogP contribution in [0.5, 0.6) is 0 Å². The fourth-order valence-corrected chi connectivity index (χ4v) is 5.41. The smallest absolute Gasteiger partial charge is 0.303 e. The summed E-state index contributed by atoms with van der Waals surface area (Å²) in [6.07, 6.45) is -6.92. The van der Waals surface area contributed by atoms with Gasteiger partial charge in [-0.3, -0.25) is 19.2 Å². The molecule has 2 aromatic carbocycles. The summed E-state index contributed by atoms with van der Waals surface area (Å²) in [5.74, 6) is -2.85. The van der Waals surface area contributed by atoms with Crippen molar-refractivity contribution in [1.29, 1.82) is 0 Å². The van der Waals surface area contributed by atoms with Crippen molar-refractivity contribution in [2.45, 2.75) is 71.2 Å². The lowest BCUT2D eigenvalue weighted by atomic mass is 9.97. The number of carbonyl (C=O) groups is 4. The van der Waals surface area contributed by atoms with Crippen LogP contribution in [0, 0.1) is 0 Å². The molecular formula is C30H30ClF2NO9. The molecule has 1 aliphatic heterocycles. The third-order valence-electron chi connectivity index (χ3n) is 6.75. The van der Waals surface area contributed by atoms with Crippen molar-refractivity contribution in [3.8, 4) is 0 Å². The normalized spacial score (nSPS) is 21.8. The zero-order chi connectivity index (χ0) is 31.4. The second-order valence-corrected chi connectivity index (χ2v) is 10.4. The molecule has 1 saturated heterocycles. The number of halogens is 3. The van der Waals surface area contributed by atoms with Gasteiger partial charge in [0, 0.05) is 44.8 Å². The SMILES string of the molecule is CC(=O)OC[C@H]1O[C@@H](n2cc(Cc3ccc(C(F)F)cc3)c3c(Cl)cccc32)[C@H](OC(C)=O)[C@@H](OC(C)=O)[C@@H]1OC(C)=O. The van der Waals surface area contributed by atoms with Crippen molar-refractivity contribution < 1.29 is 51.6 Å². The van der Waals surface area contributed by atoms with E-state index in [1.165, 1.54) is 19.1 Å². The van der Waals surface area contributed by atoms with Crippen LogP contribution in [0.1, 0.15) is 57.0 Å². The molecule has 0 radical (unpaired) electrons. The molecular weight excluding hydrogens is 592 g/mol. The summed E-state index contributed by atoms with van der Waals surface area (Å²) in [7, 11) is 0. The maximum Gasteiger partial charge on any atom is 0.303 e. The highest BCUT2D eigenvalue weighted by Crippen LogP contribution is 2.39. The van der Waals surface area contributed by atoms with Gasteiger partial charge in [0.1, 0.15) is 12.7 Å². The average Bonchev–Trinajstić information content (AvgIpc) is 3.28. The zero-order valence-corrected chi connectivity index (χ0v) is 24.5. The summed E-state index contributed by atoms with van der Waals surface area (Å²) in [6.45, 7) is 4.25. The standard InChI is InChI=1S/C30H30ClF2NO9/c1-15(35)39-14-24-26(40-16(2)36)27(41-17(3)37)28(42-18(4)38)30(43-24)34-13-21(25-22(31)6-5-7-23(25)34)12-19-8-10-20(11-9-19)29(32)33/h5-11,13,24,26-30H,12,14H2,1-4H3/t24-,26-,27+,28-,30-/m1/s1. The van der Waals surface area contributed by atoms with E-state index in [1.54, 1.807) is 41.1 Å². The van der Waals surface area contributed by atoms with Gasteiger partial charge in [-0.1, -0.05) is 41.9 Å². The number of hydrogen-bond acceptors (Lipinski definition) is 9. The Balaban J connectivity index is 1.85. The van der Waals surface area contributed by atoms with E-state index in [1.807, 2.05) is 0 Å². The third-order valence-corrected chi connectivity index (χ3v) is 7.07. The van der Waals surface area contributed by atoms with Crippen LogP contribution in [-0.4, -0.2) is 59.5 Å². The van der Waals surface area contributed by atoms with E-state index >= 15 is 0 Å². The van der Waals surface area contributed by atoms with Crippen LogP contribution in [0.4, 0.5) is 8.78 Å². The molecule has 0 spiro atoms. The first kappa shape index (κ1) is 31.9. The van der Waals surface area contributed by atoms with E-state index in [0.717, 1.165) is 26.3 Å². The molecule has 10 nitrogen and oxygen atoms in total. The Bertz CT molecular complexity index is 1510. The number of hydrogen-bond donors (Lipinski definition) is 0. The first-order valence-electron chi connectivity index (χ1n) is 13.3. The van der Waals surface area contributed by atoms with Crippen molar-refractivity contribution in [1.82, 2.24) is 4.57 Å². The van der Waals surface area contributed by atoms with Gasteiger partial charge in [-0.15, -0.1) is 0 Å². The maximum absolute atomic E-state index is 13.1. The van der Waals surface area contributed by atoms with Gasteiger partial charge in [0.25, 0.3) is 6.43 Å². The molecule has 4 rings (SSSR count). The zero-order valence-electron chi connectivity index (χ0n) is 23.8. The van der Waals surface area contributed by atoms with Crippen molar-refractivity contribution in [3.63, 3.8) is 0 Å². The monoisotopic (exact) mass is 621 g/mol. The van der Waals surface area contributed by atoms with Crippen LogP contribution >= 0.6 is 11.6 Å². The first-order chi connectivity index (χ1) is 20.3. The molecule has 0 amide bonds. The second-order valence-electron chi connectivity index (χ2n) is 10.0. The van der Waals surface area contributed by atoms with Crippen molar-refractivity contribution in [2.75, 3.05) is 6.61 Å². The van der Waals surface area contributed by atoms with E-state index in [0.29, 0.717) is 27.9 Å². The number of esters is 4. The summed E-state index contributed by atoms with van der Waals surface area (Å²) in [5, 5.41) is 1.01. The largest absolute Gasteiger partial charge is 0.463 e. The van der Waals surface area contributed by atoms with Gasteiger partial charge in [-0.2, -0.15) is 0 Å². The lowest BCUT2D eigenvalue weighted by molar-refractivity contribution is -0.267. The van der Waals surface area contributed by atoms with Crippen LogP contribution in [0.15, 0.2) is 48.7 Å². The lowest BCUT2D eigenvalue weighted by Crippen LogP contribution is -2.60. The maximum atomic E-state index is 13.1. The molecule has 0 aliphatic carbocycles. The predicted molar refractivity (Wildman–Crippen MR) is 148 cm³/mol. The first-order valence-corrected chi connectivity index (χ1v) is 13.7. The minimum atomic E-state index is -2.60. The van der Waals surface area contributed by atoms with Crippen LogP contribution in [-0.2, 0) is 49.3 Å². The summed E-state index contributed by atoms with van der Waals surface area (Å²) < 4.78 is 56.0. The van der Waals surface area contributed by atoms with Gasteiger partial charge >= 0.3 is 23.9 Å². The van der Waals surface area contributed by atoms with Crippen LogP contribution in [0.3, 0.4) is 0 Å². The minimum Gasteiger partial charge on any atom is -0.463 e. The Morgan fingerprint density at radius 3 is 2.05 bits per heavy atom. The molecule has 0 unspecified atom stereocenters. The summed E-state index contributed by atoms with van der Waals surface area (Å²) in [4.78, 5) is 48.3. The number of carbonyl (C=O) groups excluding carboxylic acids is 4. The fraction of sp³-hybridized carbons (Fsp3) is 0.400. The number of nitrogens with zero attached hydrogens (tertiary/aromatic N) is 1. The van der Waals surface area contributed by atoms with E-state index in [9.17, 15) is 28.0 Å². The number of aromatic nitrogens is 1. The molecule has 13 heteroatoms. The Kier molecular flexibility index (Phi) is 10.0. The van der Waals surface area contributed by atoms with E-state index in [4.69, 9.17) is 35.3 Å². The van der Waals surface area contributed by atoms with Gasteiger partial charge in [0.15, 0.2) is 24.5 Å². The second kappa shape index (κ2) is 13.5. The fourth-order valence-electron chi connectivity index (χ4n) is 5.12. The summed E-state index contributed by atoms with van der Waals surface area (Å²) in [6, 6.07) is 11.0. The Morgan fingerprint density at radius 2 is 1.47 bits per heavy atom. The molecule has 230 valence electrons. The number of benzene rings is 2. The molecule has 1 aromatic heterocycles. The minimum absolute atomic E-state index is 0.110. The van der Waals surface area contributed by atoms with Gasteiger partial charge in [-0.25, -0.2) is 8.78 Å². The molecule has 5 atom stereocenters. The molecule has 43 heavy (non-hydrogen) atoms. The highest BCUT2D eigenvalue weighted by Gasteiger charge is 2.53. The molecule has 3 aromatic rings. The molecule has 2 heterocycles. The Labute approximate surface area is 250 Å². The van der Waals surface area contributed by atoms with E-state index < -0.39 is 60.9 Å². The summed E-state index contributed by atoms with van der Waals surface area (Å²) in [5.41, 5.74) is 1.86. The molecule has 0 saturated carbocycles. The quantitative estimate of drug-likeness (QED) is 0.238. The lowest BCUT2D eigenvalue weighted by Gasteiger charge is -2.44. The van der Waals surface area contributed by atoms with Gasteiger partial charge < -0.3 is 28.3 Å². The average molecular weight is 622 g/mol.